The summed E-state index contributed by atoms with van der Waals surface area (Å²) in [7, 11) is 1.59. The van der Waals surface area contributed by atoms with Crippen LogP contribution in [0.5, 0.6) is 5.75 Å². The molecular weight excluding hydrogens is 332 g/mol. The molecule has 2 aromatic carbocycles. The Hall–Kier alpha value is -3.35. The average Bonchev–Trinajstić information content (AvgIpc) is 3.28. The van der Waals surface area contributed by atoms with Crippen LogP contribution in [0.25, 0.3) is 10.9 Å². The van der Waals surface area contributed by atoms with E-state index in [1.807, 2.05) is 30.3 Å². The average molecular weight is 350 g/mol. The topological polar surface area (TPSA) is 87.3 Å². The lowest BCUT2D eigenvalue weighted by molar-refractivity contribution is -0.122. The van der Waals surface area contributed by atoms with Gasteiger partial charge in [-0.1, -0.05) is 0 Å². The van der Waals surface area contributed by atoms with Gasteiger partial charge >= 0.3 is 0 Å². The van der Waals surface area contributed by atoms with Gasteiger partial charge in [0.25, 0.3) is 0 Å². The first kappa shape index (κ1) is 16.1. The maximum Gasteiger partial charge on any atom is 0.229 e. The van der Waals surface area contributed by atoms with Gasteiger partial charge in [-0.2, -0.15) is 5.10 Å². The molecule has 1 aliphatic rings. The lowest BCUT2D eigenvalue weighted by Gasteiger charge is -2.17. The highest BCUT2D eigenvalue weighted by atomic mass is 16.5. The third-order valence-corrected chi connectivity index (χ3v) is 4.59. The second kappa shape index (κ2) is 6.51. The summed E-state index contributed by atoms with van der Waals surface area (Å²) in [4.78, 5) is 26.6. The monoisotopic (exact) mass is 350 g/mol. The lowest BCUT2D eigenvalue weighted by Crippen LogP contribution is -2.28. The van der Waals surface area contributed by atoms with Gasteiger partial charge in [0.15, 0.2) is 0 Å². The maximum atomic E-state index is 12.6. The minimum absolute atomic E-state index is 0.0550. The van der Waals surface area contributed by atoms with Crippen molar-refractivity contribution in [3.63, 3.8) is 0 Å². The Morgan fingerprint density at radius 1 is 1.27 bits per heavy atom. The van der Waals surface area contributed by atoms with Crippen molar-refractivity contribution in [2.45, 2.75) is 6.42 Å². The third kappa shape index (κ3) is 2.99. The number of aromatic nitrogens is 2. The molecule has 7 nitrogen and oxygen atoms in total. The van der Waals surface area contributed by atoms with Crippen LogP contribution in [-0.2, 0) is 9.59 Å². The van der Waals surface area contributed by atoms with Gasteiger partial charge in [0.05, 0.1) is 24.7 Å². The largest absolute Gasteiger partial charge is 0.497 e. The number of H-pyrrole nitrogens is 1. The number of fused-ring (bicyclic) bond motifs is 1. The van der Waals surface area contributed by atoms with Crippen molar-refractivity contribution in [2.75, 3.05) is 23.9 Å². The molecule has 0 aliphatic carbocycles. The number of rotatable bonds is 4. The van der Waals surface area contributed by atoms with E-state index in [1.165, 1.54) is 0 Å². The predicted octanol–water partition coefficient (Wildman–Crippen LogP) is 2.56. The van der Waals surface area contributed by atoms with Crippen LogP contribution in [0.15, 0.2) is 48.7 Å². The fourth-order valence-corrected chi connectivity index (χ4v) is 3.16. The van der Waals surface area contributed by atoms with Crippen LogP contribution in [0.1, 0.15) is 6.42 Å². The Kier molecular flexibility index (Phi) is 4.04. The summed E-state index contributed by atoms with van der Waals surface area (Å²) in [6, 6.07) is 12.8. The molecule has 4 rings (SSSR count). The summed E-state index contributed by atoms with van der Waals surface area (Å²) < 4.78 is 5.13. The Morgan fingerprint density at radius 3 is 2.85 bits per heavy atom. The summed E-state index contributed by atoms with van der Waals surface area (Å²) in [5.74, 6) is 0.131. The van der Waals surface area contributed by atoms with Crippen molar-refractivity contribution in [1.82, 2.24) is 10.2 Å². The summed E-state index contributed by atoms with van der Waals surface area (Å²) in [5.41, 5.74) is 2.37. The Morgan fingerprint density at radius 2 is 2.08 bits per heavy atom. The molecular formula is C19H18N4O3. The zero-order chi connectivity index (χ0) is 18.1. The number of anilines is 2. The van der Waals surface area contributed by atoms with Crippen molar-refractivity contribution < 1.29 is 14.3 Å². The Balaban J connectivity index is 1.45. The van der Waals surface area contributed by atoms with Crippen LogP contribution >= 0.6 is 0 Å². The molecule has 132 valence electrons. The normalized spacial score (nSPS) is 16.9. The van der Waals surface area contributed by atoms with Crippen LogP contribution in [-0.4, -0.2) is 35.7 Å². The standard InChI is InChI=1S/C19H18N4O3/c1-26-16-5-3-15(4-6-16)23-11-13(9-18(23)24)19(25)21-14-2-7-17-12(8-14)10-20-22-17/h2-8,10,13H,9,11H2,1H3,(H,20,22)(H,21,25). The van der Waals surface area contributed by atoms with E-state index in [0.29, 0.717) is 12.2 Å². The Labute approximate surface area is 149 Å². The zero-order valence-electron chi connectivity index (χ0n) is 14.2. The highest BCUT2D eigenvalue weighted by Gasteiger charge is 2.35. The van der Waals surface area contributed by atoms with Gasteiger partial charge < -0.3 is 15.0 Å². The van der Waals surface area contributed by atoms with E-state index in [1.54, 1.807) is 30.3 Å². The SMILES string of the molecule is COc1ccc(N2CC(C(=O)Nc3ccc4[nH]ncc4c3)CC2=O)cc1. The molecule has 2 amide bonds. The number of carbonyl (C=O) groups excluding carboxylic acids is 2. The van der Waals surface area contributed by atoms with E-state index < -0.39 is 0 Å². The number of amides is 2. The molecule has 2 heterocycles. The fraction of sp³-hybridized carbons (Fsp3) is 0.211. The van der Waals surface area contributed by atoms with Gasteiger partial charge in [-0.3, -0.25) is 14.7 Å². The molecule has 1 aliphatic heterocycles. The van der Waals surface area contributed by atoms with E-state index >= 15 is 0 Å². The van der Waals surface area contributed by atoms with E-state index in [2.05, 4.69) is 15.5 Å². The van der Waals surface area contributed by atoms with Crippen LogP contribution in [0, 0.1) is 5.92 Å². The molecule has 2 N–H and O–H groups in total. The lowest BCUT2D eigenvalue weighted by atomic mass is 10.1. The van der Waals surface area contributed by atoms with Gasteiger partial charge in [-0.15, -0.1) is 0 Å². The molecule has 0 spiro atoms. The van der Waals surface area contributed by atoms with E-state index in [-0.39, 0.29) is 24.2 Å². The molecule has 26 heavy (non-hydrogen) atoms. The first-order valence-electron chi connectivity index (χ1n) is 8.32. The minimum Gasteiger partial charge on any atom is -0.497 e. The van der Waals surface area contributed by atoms with Crippen LogP contribution in [0.2, 0.25) is 0 Å². The molecule has 7 heteroatoms. The van der Waals surface area contributed by atoms with Crippen molar-refractivity contribution in [1.29, 1.82) is 0 Å². The van der Waals surface area contributed by atoms with Gasteiger partial charge in [-0.05, 0) is 42.5 Å². The zero-order valence-corrected chi connectivity index (χ0v) is 14.2. The number of hydrogen-bond donors (Lipinski definition) is 2. The van der Waals surface area contributed by atoms with Crippen LogP contribution in [0.4, 0.5) is 11.4 Å². The van der Waals surface area contributed by atoms with Crippen LogP contribution < -0.4 is 15.0 Å². The molecule has 0 radical (unpaired) electrons. The molecule has 0 bridgehead atoms. The summed E-state index contributed by atoms with van der Waals surface area (Å²) in [6.45, 7) is 0.366. The third-order valence-electron chi connectivity index (χ3n) is 4.59. The smallest absolute Gasteiger partial charge is 0.229 e. The number of carbonyl (C=O) groups is 2. The molecule has 1 saturated heterocycles. The van der Waals surface area contributed by atoms with Crippen molar-refractivity contribution in [3.05, 3.63) is 48.7 Å². The second-order valence-corrected chi connectivity index (χ2v) is 6.26. The highest BCUT2D eigenvalue weighted by Crippen LogP contribution is 2.28. The number of nitrogens with zero attached hydrogens (tertiary/aromatic N) is 2. The summed E-state index contributed by atoms with van der Waals surface area (Å²) in [5, 5.41) is 10.7. The van der Waals surface area contributed by atoms with E-state index in [4.69, 9.17) is 4.74 Å². The van der Waals surface area contributed by atoms with Gasteiger partial charge in [0.1, 0.15) is 5.75 Å². The summed E-state index contributed by atoms with van der Waals surface area (Å²) in [6.07, 6.45) is 1.90. The van der Waals surface area contributed by atoms with E-state index in [9.17, 15) is 9.59 Å². The van der Waals surface area contributed by atoms with Crippen molar-refractivity contribution in [2.24, 2.45) is 5.92 Å². The number of nitrogens with one attached hydrogen (secondary N) is 2. The fourth-order valence-electron chi connectivity index (χ4n) is 3.16. The van der Waals surface area contributed by atoms with E-state index in [0.717, 1.165) is 22.3 Å². The predicted molar refractivity (Wildman–Crippen MR) is 98.2 cm³/mol. The van der Waals surface area contributed by atoms with Crippen LogP contribution in [0.3, 0.4) is 0 Å². The number of aromatic amines is 1. The molecule has 1 unspecified atom stereocenters. The molecule has 1 aromatic heterocycles. The number of benzene rings is 2. The first-order chi connectivity index (χ1) is 12.6. The quantitative estimate of drug-likeness (QED) is 0.757. The van der Waals surface area contributed by atoms with Gasteiger partial charge in [-0.25, -0.2) is 0 Å². The first-order valence-corrected chi connectivity index (χ1v) is 8.32. The van der Waals surface area contributed by atoms with Gasteiger partial charge in [0.2, 0.25) is 11.8 Å². The number of methoxy groups -OCH3 is 1. The maximum absolute atomic E-state index is 12.6. The van der Waals surface area contributed by atoms with Crippen molar-refractivity contribution >= 4 is 34.1 Å². The molecule has 1 fully saturated rings. The minimum atomic E-state index is -0.385. The highest BCUT2D eigenvalue weighted by molar-refractivity contribution is 6.04. The Bertz CT molecular complexity index is 964. The number of ether oxygens (including phenoxy) is 1. The van der Waals surface area contributed by atoms with Crippen molar-refractivity contribution in [3.8, 4) is 5.75 Å². The molecule has 3 aromatic rings. The summed E-state index contributed by atoms with van der Waals surface area (Å²) >= 11 is 0. The van der Waals surface area contributed by atoms with Gasteiger partial charge in [0, 0.05) is 29.7 Å². The molecule has 0 saturated carbocycles. The number of hydrogen-bond acceptors (Lipinski definition) is 4. The molecule has 1 atom stereocenters. The second-order valence-electron chi connectivity index (χ2n) is 6.26.